The number of nitrogens with zero attached hydrogens (tertiary/aromatic N) is 2. The minimum absolute atomic E-state index is 0.232. The molecule has 6 nitrogen and oxygen atoms in total. The monoisotopic (exact) mass is 324 g/mol. The number of hydrogen-bond donors (Lipinski definition) is 0. The summed E-state index contributed by atoms with van der Waals surface area (Å²) >= 11 is 0. The number of fused-ring (bicyclic) bond motifs is 1. The van der Waals surface area contributed by atoms with Crippen LogP contribution in [0.15, 0.2) is 60.9 Å². The third-order valence-electron chi connectivity index (χ3n) is 2.64. The quantitative estimate of drug-likeness (QED) is 0.475. The van der Waals surface area contributed by atoms with Crippen molar-refractivity contribution >= 4 is 5.65 Å². The van der Waals surface area contributed by atoms with Gasteiger partial charge in [-0.3, -0.25) is 0 Å². The molecule has 0 atom stereocenters. The highest BCUT2D eigenvalue weighted by molar-refractivity contribution is 5.59. The van der Waals surface area contributed by atoms with Crippen molar-refractivity contribution in [3.8, 4) is 11.3 Å². The highest BCUT2D eigenvalue weighted by atomic mass is 35.7. The van der Waals surface area contributed by atoms with Crippen LogP contribution in [-0.2, 0) is 0 Å². The van der Waals surface area contributed by atoms with Crippen LogP contribution in [0.25, 0.3) is 16.9 Å². The second-order valence-corrected chi connectivity index (χ2v) is 4.92. The molecule has 0 aliphatic carbocycles. The summed E-state index contributed by atoms with van der Waals surface area (Å²) < 4.78 is 48.7. The highest BCUT2D eigenvalue weighted by Gasteiger charge is 2.08. The number of halogens is 2. The van der Waals surface area contributed by atoms with Crippen molar-refractivity contribution in [3.05, 3.63) is 66.7 Å². The molecule has 0 saturated heterocycles. The van der Waals surface area contributed by atoms with Crippen molar-refractivity contribution in [1.82, 2.24) is 4.98 Å². The smallest absolute Gasteiger partial charge is 0.222 e. The average Bonchev–Trinajstić information content (AvgIpc) is 2.46. The molecule has 114 valence electrons. The molecule has 2 aromatic heterocycles. The fourth-order valence-corrected chi connectivity index (χ4v) is 1.76. The van der Waals surface area contributed by atoms with E-state index >= 15 is 0 Å². The summed E-state index contributed by atoms with van der Waals surface area (Å²) in [6, 6.07) is 14.1. The minimum Gasteiger partial charge on any atom is -0.222 e. The van der Waals surface area contributed by atoms with E-state index in [1.54, 1.807) is 12.1 Å². The van der Waals surface area contributed by atoms with Crippen LogP contribution in [0.5, 0.6) is 0 Å². The fourth-order valence-electron chi connectivity index (χ4n) is 1.76. The summed E-state index contributed by atoms with van der Waals surface area (Å²) in [6.07, 6.45) is 3.89. The van der Waals surface area contributed by atoms with Crippen LogP contribution < -0.4 is 23.0 Å². The van der Waals surface area contributed by atoms with Gasteiger partial charge in [0.05, 0.1) is 6.20 Å². The first-order chi connectivity index (χ1) is 10.3. The van der Waals surface area contributed by atoms with E-state index in [2.05, 4.69) is 4.98 Å². The molecule has 1 aromatic carbocycles. The zero-order valence-corrected chi connectivity index (χ0v) is 11.8. The Morgan fingerprint density at radius 1 is 0.864 bits per heavy atom. The molecule has 0 saturated carbocycles. The van der Waals surface area contributed by atoms with Gasteiger partial charge in [0.25, 0.3) is 0 Å². The first-order valence-electron chi connectivity index (χ1n) is 5.98. The fraction of sp³-hybridized carbons (Fsp3) is 0. The zero-order chi connectivity index (χ0) is 16.2. The first-order valence-corrected chi connectivity index (χ1v) is 7.21. The van der Waals surface area contributed by atoms with Gasteiger partial charge >= 0.3 is 5.65 Å². The average molecular weight is 325 g/mol. The van der Waals surface area contributed by atoms with Gasteiger partial charge in [-0.05, 0) is 35.3 Å². The Morgan fingerprint density at radius 3 is 2.14 bits per heavy atom. The van der Waals surface area contributed by atoms with Crippen LogP contribution in [0, 0.1) is 16.1 Å². The predicted molar refractivity (Wildman–Crippen MR) is 62.8 cm³/mol. The van der Waals surface area contributed by atoms with Crippen molar-refractivity contribution in [2.45, 2.75) is 0 Å². The Hall–Kier alpha value is -2.16. The second-order valence-electron chi connectivity index (χ2n) is 4.16. The van der Waals surface area contributed by atoms with Crippen LogP contribution in [0.2, 0.25) is 0 Å². The van der Waals surface area contributed by atoms with Crippen LogP contribution in [-0.4, -0.2) is 4.98 Å². The lowest BCUT2D eigenvalue weighted by Gasteiger charge is -2.17. The summed E-state index contributed by atoms with van der Waals surface area (Å²) in [5.74, 6) is -0.232. The van der Waals surface area contributed by atoms with E-state index in [1.807, 2.05) is 41.1 Å². The molecule has 0 radical (unpaired) electrons. The lowest BCUT2D eigenvalue weighted by atomic mass is 10.1. The standard InChI is InChI=1S/C14H10FN2.ClHO4/c15-12-6-4-11(5-7-12)13-8-10-17-9-2-1-3-14(17)16-13;2-1(3,4)5/h1-10H;(H,2,3,4,5)/q+1;/p-1. The van der Waals surface area contributed by atoms with Crippen molar-refractivity contribution < 1.29 is 37.7 Å². The molecule has 0 aliphatic rings. The predicted octanol–water partition coefficient (Wildman–Crippen LogP) is -2.13. The van der Waals surface area contributed by atoms with Crippen LogP contribution in [0.1, 0.15) is 0 Å². The Bertz CT molecular complexity index is 757. The van der Waals surface area contributed by atoms with Gasteiger partial charge in [-0.2, -0.15) is 0 Å². The SMILES string of the molecule is Fc1ccc(-c2cc[n+]3ccccc3n2)cc1.[O-][Cl+3]([O-])([O-])[O-]. The maximum atomic E-state index is 12.8. The molecule has 2 heterocycles. The van der Waals surface area contributed by atoms with Gasteiger partial charge in [-0.1, -0.05) is 6.07 Å². The van der Waals surface area contributed by atoms with E-state index in [-0.39, 0.29) is 5.82 Å². The first kappa shape index (κ1) is 16.2. The van der Waals surface area contributed by atoms with Gasteiger partial charge in [-0.25, -0.2) is 27.4 Å². The molecule has 0 bridgehead atoms. The molecular weight excluding hydrogens is 315 g/mol. The largest absolute Gasteiger partial charge is 0.328 e. The molecule has 0 fully saturated rings. The second kappa shape index (κ2) is 6.73. The van der Waals surface area contributed by atoms with E-state index < -0.39 is 10.2 Å². The van der Waals surface area contributed by atoms with Crippen molar-refractivity contribution in [2.24, 2.45) is 0 Å². The summed E-state index contributed by atoms with van der Waals surface area (Å²) in [5.41, 5.74) is 2.63. The number of pyridine rings is 1. The maximum absolute atomic E-state index is 12.8. The van der Waals surface area contributed by atoms with Gasteiger partial charge in [0.15, 0.2) is 5.69 Å². The van der Waals surface area contributed by atoms with Gasteiger partial charge < -0.3 is 0 Å². The Morgan fingerprint density at radius 2 is 1.50 bits per heavy atom. The topological polar surface area (TPSA) is 109 Å². The molecule has 0 N–H and O–H groups in total. The molecule has 0 aliphatic heterocycles. The Kier molecular flexibility index (Phi) is 4.96. The van der Waals surface area contributed by atoms with Crippen LogP contribution in [0.3, 0.4) is 0 Å². The van der Waals surface area contributed by atoms with E-state index in [4.69, 9.17) is 18.6 Å². The van der Waals surface area contributed by atoms with Crippen molar-refractivity contribution in [2.75, 3.05) is 0 Å². The van der Waals surface area contributed by atoms with Crippen LogP contribution in [0.4, 0.5) is 4.39 Å². The number of rotatable bonds is 1. The Labute approximate surface area is 127 Å². The van der Waals surface area contributed by atoms with Crippen LogP contribution >= 0.6 is 0 Å². The summed E-state index contributed by atoms with van der Waals surface area (Å²) in [7, 11) is -4.94. The Balaban J connectivity index is 0.000000309. The lowest BCUT2D eigenvalue weighted by molar-refractivity contribution is -2.00. The van der Waals surface area contributed by atoms with E-state index in [0.29, 0.717) is 0 Å². The molecule has 0 amide bonds. The number of benzene rings is 1. The minimum atomic E-state index is -4.94. The molecule has 22 heavy (non-hydrogen) atoms. The van der Waals surface area contributed by atoms with Crippen molar-refractivity contribution in [3.63, 3.8) is 0 Å². The zero-order valence-electron chi connectivity index (χ0n) is 11.1. The van der Waals surface area contributed by atoms with Gasteiger partial charge in [0, 0.05) is 17.7 Å². The normalized spacial score (nSPS) is 11.0. The number of aromatic nitrogens is 2. The highest BCUT2D eigenvalue weighted by Crippen LogP contribution is 2.16. The molecule has 3 rings (SSSR count). The van der Waals surface area contributed by atoms with E-state index in [1.165, 1.54) is 12.1 Å². The molecule has 0 unspecified atom stereocenters. The van der Waals surface area contributed by atoms with Crippen molar-refractivity contribution in [1.29, 1.82) is 0 Å². The lowest BCUT2D eigenvalue weighted by Crippen LogP contribution is -2.68. The summed E-state index contributed by atoms with van der Waals surface area (Å²) in [4.78, 5) is 4.52. The number of hydrogen-bond acceptors (Lipinski definition) is 5. The third kappa shape index (κ3) is 4.99. The van der Waals surface area contributed by atoms with Gasteiger partial charge in [0.1, 0.15) is 12.0 Å². The van der Waals surface area contributed by atoms with E-state index in [9.17, 15) is 4.39 Å². The van der Waals surface area contributed by atoms with E-state index in [0.717, 1.165) is 16.9 Å². The summed E-state index contributed by atoms with van der Waals surface area (Å²) in [6.45, 7) is 0. The maximum Gasteiger partial charge on any atom is 0.328 e. The van der Waals surface area contributed by atoms with Gasteiger partial charge in [-0.15, -0.1) is 10.2 Å². The summed E-state index contributed by atoms with van der Waals surface area (Å²) in [5, 5.41) is 0. The molecule has 8 heteroatoms. The molecule has 3 aromatic rings. The molecule has 0 spiro atoms. The van der Waals surface area contributed by atoms with Gasteiger partial charge in [0.2, 0.25) is 0 Å². The third-order valence-corrected chi connectivity index (χ3v) is 2.64. The molecular formula is C14H10ClFN2O4.